The van der Waals surface area contributed by atoms with Crippen LogP contribution in [0.4, 0.5) is 0 Å². The first-order chi connectivity index (χ1) is 20.1. The van der Waals surface area contributed by atoms with Gasteiger partial charge in [-0.25, -0.2) is 0 Å². The summed E-state index contributed by atoms with van der Waals surface area (Å²) in [5, 5.41) is 12.5. The van der Waals surface area contributed by atoms with Gasteiger partial charge >= 0.3 is 8.60 Å². The Balaban J connectivity index is 2.00. The molecule has 4 rings (SSSR count). The van der Waals surface area contributed by atoms with Crippen molar-refractivity contribution in [3.63, 3.8) is 0 Å². The Morgan fingerprint density at radius 3 is 1.82 bits per heavy atom. The van der Waals surface area contributed by atoms with Crippen LogP contribution < -0.4 is 0 Å². The molecule has 0 aromatic heterocycles. The molecule has 0 saturated carbocycles. The number of piperidine rings is 1. The molecule has 1 N–H and O–H groups in total. The van der Waals surface area contributed by atoms with Gasteiger partial charge in [-0.15, -0.1) is 0 Å². The number of fused-ring (bicyclic) bond motifs is 2. The second-order valence-corrected chi connectivity index (χ2v) is 20.5. The van der Waals surface area contributed by atoms with E-state index in [0.717, 1.165) is 12.2 Å². The Labute approximate surface area is 277 Å². The van der Waals surface area contributed by atoms with Crippen molar-refractivity contribution in [2.75, 3.05) is 0 Å². The van der Waals surface area contributed by atoms with Crippen molar-refractivity contribution in [1.82, 2.24) is 5.06 Å². The Morgan fingerprint density at radius 1 is 0.800 bits per heavy atom. The number of hydroxylamine groups is 2. The van der Waals surface area contributed by atoms with Crippen molar-refractivity contribution >= 4 is 8.60 Å². The Morgan fingerprint density at radius 2 is 1.36 bits per heavy atom. The van der Waals surface area contributed by atoms with Crippen LogP contribution in [0.25, 0.3) is 0 Å². The molecule has 0 aromatic carbocycles. The van der Waals surface area contributed by atoms with E-state index < -0.39 is 19.7 Å². The zero-order valence-corrected chi connectivity index (χ0v) is 32.5. The maximum atomic E-state index is 11.0. The minimum atomic E-state index is -1.78. The normalized spacial score (nSPS) is 28.8. The lowest BCUT2D eigenvalue weighted by Gasteiger charge is -2.51. The van der Waals surface area contributed by atoms with E-state index in [1.807, 2.05) is 0 Å². The van der Waals surface area contributed by atoms with E-state index in [4.69, 9.17) is 13.6 Å². The Hall–Kier alpha value is -1.23. The highest BCUT2D eigenvalue weighted by atomic mass is 31.2. The molecule has 3 atom stereocenters. The molecule has 6 heteroatoms. The highest BCUT2D eigenvalue weighted by Crippen LogP contribution is 2.59. The summed E-state index contributed by atoms with van der Waals surface area (Å²) in [5.74, 6) is 1.25. The van der Waals surface area contributed by atoms with E-state index >= 15 is 0 Å². The number of hydrogen-bond donors (Lipinski definition) is 1. The molecule has 2 aliphatic carbocycles. The van der Waals surface area contributed by atoms with E-state index in [9.17, 15) is 5.21 Å². The fourth-order valence-corrected chi connectivity index (χ4v) is 8.87. The van der Waals surface area contributed by atoms with Crippen molar-refractivity contribution < 1.29 is 18.8 Å². The van der Waals surface area contributed by atoms with Crippen molar-refractivity contribution in [2.24, 2.45) is 27.6 Å². The monoisotopic (exact) mass is 641 g/mol. The molecule has 0 spiro atoms. The van der Waals surface area contributed by atoms with E-state index in [0.29, 0.717) is 18.8 Å². The summed E-state index contributed by atoms with van der Waals surface area (Å²) in [6, 6.07) is 0. The highest BCUT2D eigenvalue weighted by molar-refractivity contribution is 7.41. The van der Waals surface area contributed by atoms with Crippen molar-refractivity contribution in [1.29, 1.82) is 0 Å². The maximum Gasteiger partial charge on any atom is 0.398 e. The van der Waals surface area contributed by atoms with Gasteiger partial charge in [-0.1, -0.05) is 114 Å². The lowest BCUT2D eigenvalue weighted by molar-refractivity contribution is -0.255. The molecular weight excluding hydrogens is 577 g/mol. The molecule has 0 amide bonds. The van der Waals surface area contributed by atoms with Crippen LogP contribution in [0.15, 0.2) is 57.4 Å². The van der Waals surface area contributed by atoms with Gasteiger partial charge in [0, 0.05) is 22.1 Å². The molecule has 254 valence electrons. The zero-order valence-electron chi connectivity index (χ0n) is 31.7. The van der Waals surface area contributed by atoms with Gasteiger partial charge in [-0.3, -0.25) is 9.05 Å². The molecule has 0 aromatic rings. The molecule has 1 fully saturated rings. The Kier molecular flexibility index (Phi) is 9.54. The van der Waals surface area contributed by atoms with Crippen LogP contribution in [-0.4, -0.2) is 33.6 Å². The van der Waals surface area contributed by atoms with Crippen LogP contribution in [0.2, 0.25) is 0 Å². The summed E-state index contributed by atoms with van der Waals surface area (Å²) >= 11 is 0. The zero-order chi connectivity index (χ0) is 34.3. The van der Waals surface area contributed by atoms with Crippen LogP contribution in [0.1, 0.15) is 137 Å². The van der Waals surface area contributed by atoms with E-state index in [1.54, 1.807) is 0 Å². The molecular formula is C39H64NO4P. The molecule has 5 nitrogen and oxygen atoms in total. The second kappa shape index (κ2) is 11.7. The fourth-order valence-electron chi connectivity index (χ4n) is 7.42. The molecule has 3 unspecified atom stereocenters. The predicted octanol–water partition coefficient (Wildman–Crippen LogP) is 11.6. The first-order valence-electron chi connectivity index (χ1n) is 17.1. The number of rotatable bonds is 2. The summed E-state index contributed by atoms with van der Waals surface area (Å²) in [7, 11) is -1.78. The largest absolute Gasteiger partial charge is 0.430 e. The van der Waals surface area contributed by atoms with E-state index in [2.05, 4.69) is 136 Å². The summed E-state index contributed by atoms with van der Waals surface area (Å²) in [5.41, 5.74) is 6.58. The van der Waals surface area contributed by atoms with Gasteiger partial charge in [0.15, 0.2) is 0 Å². The van der Waals surface area contributed by atoms with Gasteiger partial charge in [-0.2, -0.15) is 5.06 Å². The van der Waals surface area contributed by atoms with Gasteiger partial charge in [0.1, 0.15) is 11.9 Å². The average molecular weight is 642 g/mol. The third kappa shape index (κ3) is 7.59. The first kappa shape index (κ1) is 36.6. The molecule has 45 heavy (non-hydrogen) atoms. The fraction of sp³-hybridized carbons (Fsp3) is 0.744. The summed E-state index contributed by atoms with van der Waals surface area (Å²) in [4.78, 5) is 0. The molecule has 2 heterocycles. The van der Waals surface area contributed by atoms with Crippen molar-refractivity contribution in [3.05, 3.63) is 57.4 Å². The maximum absolute atomic E-state index is 11.0. The van der Waals surface area contributed by atoms with Crippen LogP contribution >= 0.6 is 8.60 Å². The SMILES string of the molecule is CC1CC(C(C)(C)C)=CC2=C(C(C)(C)C)OP(OC3CC(C)(C)N(O)C(C)(C)C3)OC3C(C(C)(C)C)=CC(C(C)(C)C)=CC3=C21. The minimum absolute atomic E-state index is 0.0222. The Bertz CT molecular complexity index is 1310. The molecule has 0 bridgehead atoms. The lowest BCUT2D eigenvalue weighted by Crippen LogP contribution is -2.60. The standard InChI is InChI=1S/C39H64NO4P/c1-24-18-25(34(2,3)4)20-29-31(24)28-19-26(35(5,6)7)21-30(36(8,9)10)32(28)43-45(44-33(29)37(11,12)13)42-27-22-38(14,15)40(41)39(16,17)23-27/h19-21,24,27,32,41H,18,22-23H2,1-17H3. The number of hydrogen-bond acceptors (Lipinski definition) is 5. The molecule has 2 aliphatic heterocycles. The summed E-state index contributed by atoms with van der Waals surface area (Å²) in [6.07, 6.45) is 9.22. The summed E-state index contributed by atoms with van der Waals surface area (Å²) < 4.78 is 21.3. The number of nitrogens with zero attached hydrogens (tertiary/aromatic N) is 1. The van der Waals surface area contributed by atoms with Crippen molar-refractivity contribution in [3.8, 4) is 0 Å². The van der Waals surface area contributed by atoms with Crippen LogP contribution in [-0.2, 0) is 13.6 Å². The minimum Gasteiger partial charge on any atom is -0.430 e. The van der Waals surface area contributed by atoms with E-state index in [-0.39, 0.29) is 33.9 Å². The topological polar surface area (TPSA) is 51.2 Å². The molecule has 0 radical (unpaired) electrons. The van der Waals surface area contributed by atoms with Crippen LogP contribution in [0.3, 0.4) is 0 Å². The van der Waals surface area contributed by atoms with Gasteiger partial charge in [0.2, 0.25) is 0 Å². The lowest BCUT2D eigenvalue weighted by atomic mass is 9.67. The van der Waals surface area contributed by atoms with E-state index in [1.165, 1.54) is 38.5 Å². The predicted molar refractivity (Wildman–Crippen MR) is 189 cm³/mol. The van der Waals surface area contributed by atoms with Gasteiger partial charge in [0.25, 0.3) is 0 Å². The third-order valence-corrected chi connectivity index (χ3v) is 11.1. The molecule has 1 saturated heterocycles. The first-order valence-corrected chi connectivity index (χ1v) is 18.2. The van der Waals surface area contributed by atoms with Gasteiger partial charge in [0.05, 0.1) is 6.10 Å². The second-order valence-electron chi connectivity index (χ2n) is 19.5. The van der Waals surface area contributed by atoms with Gasteiger partial charge in [-0.05, 0) is 91.4 Å². The third-order valence-electron chi connectivity index (χ3n) is 9.94. The van der Waals surface area contributed by atoms with Crippen LogP contribution in [0, 0.1) is 27.6 Å². The smallest absolute Gasteiger partial charge is 0.398 e. The van der Waals surface area contributed by atoms with Gasteiger partial charge < -0.3 is 9.73 Å². The highest BCUT2D eigenvalue weighted by Gasteiger charge is 2.49. The number of allylic oxidation sites excluding steroid dienone is 7. The molecule has 4 aliphatic rings. The quantitative estimate of drug-likeness (QED) is 0.304. The van der Waals surface area contributed by atoms with Crippen LogP contribution in [0.5, 0.6) is 0 Å². The average Bonchev–Trinajstić information content (AvgIpc) is 2.81. The summed E-state index contributed by atoms with van der Waals surface area (Å²) in [6.45, 7) is 38.2. The van der Waals surface area contributed by atoms with Crippen molar-refractivity contribution in [2.45, 2.75) is 160 Å².